The third-order valence-corrected chi connectivity index (χ3v) is 5.94. The quantitative estimate of drug-likeness (QED) is 0.477. The summed E-state index contributed by atoms with van der Waals surface area (Å²) < 4.78 is 51.6. The number of sulfonamides is 1. The molecule has 0 radical (unpaired) electrons. The van der Waals surface area contributed by atoms with E-state index in [0.717, 1.165) is 0 Å². The number of rotatable bonds is 9. The molecule has 0 aliphatic carbocycles. The SMILES string of the molecule is COc1ccc(NS(=O)(=O)c2ccc(C)c(C(=O)NCCOc3cccc(F)c3)c2)cc1. The molecule has 0 bridgehead atoms. The number of benzene rings is 3. The van der Waals surface area contributed by atoms with Crippen LogP contribution in [-0.2, 0) is 10.0 Å². The average molecular weight is 459 g/mol. The van der Waals surface area contributed by atoms with E-state index in [1.807, 2.05) is 0 Å². The third-order valence-electron chi connectivity index (χ3n) is 4.56. The molecule has 0 unspecified atom stereocenters. The molecule has 0 fully saturated rings. The molecule has 2 N–H and O–H groups in total. The van der Waals surface area contributed by atoms with Gasteiger partial charge in [0.1, 0.15) is 23.9 Å². The molecule has 1 amide bonds. The van der Waals surface area contributed by atoms with Gasteiger partial charge in [-0.2, -0.15) is 0 Å². The minimum absolute atomic E-state index is 0.0416. The van der Waals surface area contributed by atoms with Crippen LogP contribution in [0.5, 0.6) is 11.5 Å². The van der Waals surface area contributed by atoms with Crippen molar-refractivity contribution in [1.29, 1.82) is 0 Å². The first-order chi connectivity index (χ1) is 15.3. The van der Waals surface area contributed by atoms with Crippen molar-refractivity contribution >= 4 is 21.6 Å². The third kappa shape index (κ3) is 5.98. The number of nitrogens with one attached hydrogen (secondary N) is 2. The van der Waals surface area contributed by atoms with Gasteiger partial charge in [-0.05, 0) is 61.0 Å². The summed E-state index contributed by atoms with van der Waals surface area (Å²) in [6.45, 7) is 2.01. The van der Waals surface area contributed by atoms with Crippen LogP contribution >= 0.6 is 0 Å². The van der Waals surface area contributed by atoms with Crippen LogP contribution in [0.2, 0.25) is 0 Å². The molecule has 0 heterocycles. The summed E-state index contributed by atoms with van der Waals surface area (Å²) in [6, 6.07) is 16.5. The Morgan fingerprint density at radius 2 is 1.75 bits per heavy atom. The van der Waals surface area contributed by atoms with Crippen LogP contribution in [0.1, 0.15) is 15.9 Å². The normalized spacial score (nSPS) is 11.0. The maximum Gasteiger partial charge on any atom is 0.261 e. The predicted molar refractivity (Wildman–Crippen MR) is 119 cm³/mol. The highest BCUT2D eigenvalue weighted by molar-refractivity contribution is 7.92. The monoisotopic (exact) mass is 458 g/mol. The van der Waals surface area contributed by atoms with E-state index < -0.39 is 21.7 Å². The number of halogens is 1. The molecule has 0 aromatic heterocycles. The Kier molecular flexibility index (Phi) is 7.32. The lowest BCUT2D eigenvalue weighted by atomic mass is 10.1. The van der Waals surface area contributed by atoms with Gasteiger partial charge >= 0.3 is 0 Å². The summed E-state index contributed by atoms with van der Waals surface area (Å²) in [5.74, 6) is 0.104. The summed E-state index contributed by atoms with van der Waals surface area (Å²) >= 11 is 0. The molecule has 0 spiro atoms. The van der Waals surface area contributed by atoms with Crippen molar-refractivity contribution in [3.8, 4) is 11.5 Å². The van der Waals surface area contributed by atoms with Crippen molar-refractivity contribution in [2.75, 3.05) is 25.0 Å². The molecule has 3 rings (SSSR count). The van der Waals surface area contributed by atoms with Gasteiger partial charge in [-0.25, -0.2) is 12.8 Å². The van der Waals surface area contributed by atoms with Gasteiger partial charge < -0.3 is 14.8 Å². The standard InChI is InChI=1S/C23H23FN2O5S/c1-16-6-11-21(32(28,29)26-18-7-9-19(30-2)10-8-18)15-22(16)23(27)25-12-13-31-20-5-3-4-17(24)14-20/h3-11,14-15,26H,12-13H2,1-2H3,(H,25,27). The fourth-order valence-corrected chi connectivity index (χ4v) is 3.96. The van der Waals surface area contributed by atoms with Crippen molar-refractivity contribution < 1.29 is 27.1 Å². The fourth-order valence-electron chi connectivity index (χ4n) is 2.87. The summed E-state index contributed by atoms with van der Waals surface area (Å²) in [5.41, 5.74) is 1.22. The Hall–Kier alpha value is -3.59. The summed E-state index contributed by atoms with van der Waals surface area (Å²) in [7, 11) is -2.38. The lowest BCUT2D eigenvalue weighted by Gasteiger charge is -2.12. The Balaban J connectivity index is 1.65. The van der Waals surface area contributed by atoms with Gasteiger partial charge in [-0.3, -0.25) is 9.52 Å². The van der Waals surface area contributed by atoms with E-state index >= 15 is 0 Å². The molecule has 3 aromatic carbocycles. The number of carbonyl (C=O) groups is 1. The lowest BCUT2D eigenvalue weighted by Crippen LogP contribution is -2.29. The fraction of sp³-hybridized carbons (Fsp3) is 0.174. The zero-order chi connectivity index (χ0) is 23.1. The minimum Gasteiger partial charge on any atom is -0.497 e. The van der Waals surface area contributed by atoms with Crippen molar-refractivity contribution in [3.63, 3.8) is 0 Å². The van der Waals surface area contributed by atoms with Crippen LogP contribution in [0.15, 0.2) is 71.6 Å². The number of carbonyl (C=O) groups excluding carboxylic acids is 1. The summed E-state index contributed by atoms with van der Waals surface area (Å²) in [6.07, 6.45) is 0. The number of amides is 1. The zero-order valence-corrected chi connectivity index (χ0v) is 18.4. The number of hydrogen-bond donors (Lipinski definition) is 2. The highest BCUT2D eigenvalue weighted by atomic mass is 32.2. The summed E-state index contributed by atoms with van der Waals surface area (Å²) in [4.78, 5) is 12.5. The molecular weight excluding hydrogens is 435 g/mol. The number of anilines is 1. The van der Waals surface area contributed by atoms with Crippen LogP contribution in [-0.4, -0.2) is 34.6 Å². The minimum atomic E-state index is -3.90. The highest BCUT2D eigenvalue weighted by Gasteiger charge is 2.18. The van der Waals surface area contributed by atoms with E-state index in [4.69, 9.17) is 9.47 Å². The van der Waals surface area contributed by atoms with Gasteiger partial charge in [0.25, 0.3) is 15.9 Å². The van der Waals surface area contributed by atoms with Gasteiger partial charge in [0.05, 0.1) is 18.6 Å². The Morgan fingerprint density at radius 3 is 2.44 bits per heavy atom. The predicted octanol–water partition coefficient (Wildman–Crippen LogP) is 3.75. The molecule has 168 valence electrons. The highest BCUT2D eigenvalue weighted by Crippen LogP contribution is 2.21. The van der Waals surface area contributed by atoms with Gasteiger partial charge in [0.2, 0.25) is 0 Å². The first-order valence-electron chi connectivity index (χ1n) is 9.72. The van der Waals surface area contributed by atoms with Gasteiger partial charge in [-0.1, -0.05) is 12.1 Å². The molecule has 7 nitrogen and oxygen atoms in total. The van der Waals surface area contributed by atoms with E-state index in [0.29, 0.717) is 22.7 Å². The first-order valence-corrected chi connectivity index (χ1v) is 11.2. The Bertz CT molecular complexity index is 1200. The number of methoxy groups -OCH3 is 1. The van der Waals surface area contributed by atoms with Crippen LogP contribution in [0.4, 0.5) is 10.1 Å². The van der Waals surface area contributed by atoms with Gasteiger partial charge in [-0.15, -0.1) is 0 Å². The largest absolute Gasteiger partial charge is 0.497 e. The molecule has 0 saturated carbocycles. The Labute approximate surface area is 186 Å². The van der Waals surface area contributed by atoms with E-state index in [9.17, 15) is 17.6 Å². The van der Waals surface area contributed by atoms with E-state index in [2.05, 4.69) is 10.0 Å². The second-order valence-corrected chi connectivity index (χ2v) is 8.55. The summed E-state index contributed by atoms with van der Waals surface area (Å²) in [5, 5.41) is 2.68. The topological polar surface area (TPSA) is 93.7 Å². The zero-order valence-electron chi connectivity index (χ0n) is 17.6. The van der Waals surface area contributed by atoms with Crippen molar-refractivity contribution in [3.05, 3.63) is 83.7 Å². The molecule has 0 atom stereocenters. The van der Waals surface area contributed by atoms with Crippen LogP contribution in [0, 0.1) is 12.7 Å². The van der Waals surface area contributed by atoms with Crippen molar-refractivity contribution in [1.82, 2.24) is 5.32 Å². The van der Waals surface area contributed by atoms with Gasteiger partial charge in [0, 0.05) is 17.3 Å². The van der Waals surface area contributed by atoms with E-state index in [1.165, 1.54) is 37.4 Å². The Morgan fingerprint density at radius 1 is 1.00 bits per heavy atom. The maximum absolute atomic E-state index is 13.2. The molecular formula is C23H23FN2O5S. The van der Waals surface area contributed by atoms with E-state index in [1.54, 1.807) is 43.3 Å². The average Bonchev–Trinajstić information content (AvgIpc) is 2.77. The van der Waals surface area contributed by atoms with Gasteiger partial charge in [0.15, 0.2) is 0 Å². The maximum atomic E-state index is 13.2. The number of ether oxygens (including phenoxy) is 2. The molecule has 0 saturated heterocycles. The van der Waals surface area contributed by atoms with E-state index in [-0.39, 0.29) is 23.6 Å². The van der Waals surface area contributed by atoms with Crippen LogP contribution < -0.4 is 19.5 Å². The number of hydrogen-bond acceptors (Lipinski definition) is 5. The second-order valence-electron chi connectivity index (χ2n) is 6.87. The van der Waals surface area contributed by atoms with Crippen molar-refractivity contribution in [2.45, 2.75) is 11.8 Å². The lowest BCUT2D eigenvalue weighted by molar-refractivity contribution is 0.0946. The smallest absolute Gasteiger partial charge is 0.261 e. The van der Waals surface area contributed by atoms with Crippen molar-refractivity contribution in [2.24, 2.45) is 0 Å². The second kappa shape index (κ2) is 10.1. The van der Waals surface area contributed by atoms with Crippen LogP contribution in [0.3, 0.4) is 0 Å². The molecule has 0 aliphatic heterocycles. The van der Waals surface area contributed by atoms with Crippen LogP contribution in [0.25, 0.3) is 0 Å². The molecule has 32 heavy (non-hydrogen) atoms. The molecule has 3 aromatic rings. The molecule has 9 heteroatoms. The first kappa shape index (κ1) is 23.1. The number of aryl methyl sites for hydroxylation is 1. The molecule has 0 aliphatic rings.